The molecule has 0 spiro atoms. The first-order chi connectivity index (χ1) is 11.4. The number of anilines is 2. The number of thioether (sulfide) groups is 1. The van der Waals surface area contributed by atoms with Crippen LogP contribution in [0.2, 0.25) is 0 Å². The van der Waals surface area contributed by atoms with Crippen molar-refractivity contribution in [1.82, 2.24) is 14.8 Å². The fraction of sp³-hybridized carbons (Fsp3) is 0.353. The molecule has 1 aromatic carbocycles. The van der Waals surface area contributed by atoms with Crippen molar-refractivity contribution in [3.8, 4) is 0 Å². The van der Waals surface area contributed by atoms with Crippen molar-refractivity contribution in [2.24, 2.45) is 0 Å². The Morgan fingerprint density at radius 3 is 2.62 bits per heavy atom. The van der Waals surface area contributed by atoms with Crippen molar-refractivity contribution >= 4 is 29.0 Å². The van der Waals surface area contributed by atoms with Gasteiger partial charge in [-0.1, -0.05) is 17.8 Å². The fourth-order valence-corrected chi connectivity index (χ4v) is 2.99. The molecule has 0 bridgehead atoms. The number of aromatic nitrogens is 3. The van der Waals surface area contributed by atoms with Crippen LogP contribution < -0.4 is 10.2 Å². The highest BCUT2D eigenvalue weighted by Gasteiger charge is 2.19. The maximum Gasteiger partial charge on any atom is 0.237 e. The van der Waals surface area contributed by atoms with Crippen LogP contribution in [0.5, 0.6) is 0 Å². The summed E-state index contributed by atoms with van der Waals surface area (Å²) in [6.45, 7) is 8.11. The summed E-state index contributed by atoms with van der Waals surface area (Å²) in [5.74, 6) is 0.743. The van der Waals surface area contributed by atoms with Gasteiger partial charge in [-0.15, -0.1) is 16.8 Å². The molecular formula is C17H23N5OS. The summed E-state index contributed by atoms with van der Waals surface area (Å²) >= 11 is 1.39. The molecule has 0 saturated heterocycles. The van der Waals surface area contributed by atoms with E-state index in [4.69, 9.17) is 0 Å². The molecule has 0 radical (unpaired) electrons. The molecule has 0 unspecified atom stereocenters. The Balaban J connectivity index is 2.00. The SMILES string of the molecule is C=CCn1c(C)nnc1S[C@H](C)C(=O)Nc1ccc(N(C)C)cc1. The molecule has 0 aliphatic rings. The van der Waals surface area contributed by atoms with Gasteiger partial charge in [-0.05, 0) is 38.1 Å². The van der Waals surface area contributed by atoms with Gasteiger partial charge >= 0.3 is 0 Å². The Kier molecular flexibility index (Phi) is 6.03. The zero-order chi connectivity index (χ0) is 17.7. The number of allylic oxidation sites excluding steroid dienone is 1. The van der Waals surface area contributed by atoms with Crippen molar-refractivity contribution in [3.63, 3.8) is 0 Å². The van der Waals surface area contributed by atoms with E-state index >= 15 is 0 Å². The van der Waals surface area contributed by atoms with E-state index in [0.717, 1.165) is 22.4 Å². The first-order valence-electron chi connectivity index (χ1n) is 7.68. The highest BCUT2D eigenvalue weighted by molar-refractivity contribution is 8.00. The first-order valence-corrected chi connectivity index (χ1v) is 8.56. The van der Waals surface area contributed by atoms with E-state index in [-0.39, 0.29) is 11.2 Å². The summed E-state index contributed by atoms with van der Waals surface area (Å²) in [5.41, 5.74) is 1.87. The van der Waals surface area contributed by atoms with E-state index in [1.165, 1.54) is 11.8 Å². The van der Waals surface area contributed by atoms with Crippen LogP contribution in [0.3, 0.4) is 0 Å². The zero-order valence-corrected chi connectivity index (χ0v) is 15.3. The summed E-state index contributed by atoms with van der Waals surface area (Å²) in [6.07, 6.45) is 1.79. The van der Waals surface area contributed by atoms with Crippen molar-refractivity contribution in [2.45, 2.75) is 30.8 Å². The molecule has 1 N–H and O–H groups in total. The van der Waals surface area contributed by atoms with Gasteiger partial charge in [-0.3, -0.25) is 4.79 Å². The molecular weight excluding hydrogens is 322 g/mol. The van der Waals surface area contributed by atoms with Crippen molar-refractivity contribution in [3.05, 3.63) is 42.7 Å². The van der Waals surface area contributed by atoms with E-state index in [0.29, 0.717) is 6.54 Å². The van der Waals surface area contributed by atoms with Gasteiger partial charge in [-0.25, -0.2) is 0 Å². The van der Waals surface area contributed by atoms with Crippen LogP contribution >= 0.6 is 11.8 Å². The third-order valence-corrected chi connectivity index (χ3v) is 4.60. The standard InChI is InChI=1S/C17H23N5OS/c1-6-11-22-13(3)19-20-17(22)24-12(2)16(23)18-14-7-9-15(10-8-14)21(4)5/h6-10,12H,1,11H2,2-5H3,(H,18,23)/t12-/m1/s1. The average molecular weight is 345 g/mol. The summed E-state index contributed by atoms with van der Waals surface area (Å²) in [7, 11) is 3.96. The smallest absolute Gasteiger partial charge is 0.237 e. The Morgan fingerprint density at radius 2 is 2.04 bits per heavy atom. The minimum Gasteiger partial charge on any atom is -0.378 e. The second-order valence-corrected chi connectivity index (χ2v) is 6.93. The number of amides is 1. The molecule has 2 aromatic rings. The molecule has 0 aliphatic carbocycles. The van der Waals surface area contributed by atoms with Crippen LogP contribution in [0, 0.1) is 6.92 Å². The molecule has 6 nitrogen and oxygen atoms in total. The molecule has 0 aliphatic heterocycles. The van der Waals surface area contributed by atoms with Crippen LogP contribution in [-0.2, 0) is 11.3 Å². The minimum absolute atomic E-state index is 0.0663. The summed E-state index contributed by atoms with van der Waals surface area (Å²) in [4.78, 5) is 14.4. The van der Waals surface area contributed by atoms with Crippen LogP contribution in [0.4, 0.5) is 11.4 Å². The van der Waals surface area contributed by atoms with Gasteiger partial charge < -0.3 is 14.8 Å². The summed E-state index contributed by atoms with van der Waals surface area (Å²) < 4.78 is 1.94. The van der Waals surface area contributed by atoms with E-state index in [9.17, 15) is 4.79 Å². The Hall–Kier alpha value is -2.28. The number of hydrogen-bond donors (Lipinski definition) is 1. The predicted molar refractivity (Wildman–Crippen MR) is 99.7 cm³/mol. The lowest BCUT2D eigenvalue weighted by Crippen LogP contribution is -2.23. The first kappa shape index (κ1) is 18.1. The maximum absolute atomic E-state index is 12.4. The van der Waals surface area contributed by atoms with Crippen LogP contribution in [-0.4, -0.2) is 40.0 Å². The lowest BCUT2D eigenvalue weighted by atomic mass is 10.2. The highest BCUT2D eigenvalue weighted by Crippen LogP contribution is 2.24. The monoisotopic (exact) mass is 345 g/mol. The summed E-state index contributed by atoms with van der Waals surface area (Å²) in [5, 5.41) is 11.6. The second kappa shape index (κ2) is 8.01. The van der Waals surface area contributed by atoms with Gasteiger partial charge in [0.05, 0.1) is 5.25 Å². The molecule has 1 amide bonds. The van der Waals surface area contributed by atoms with E-state index in [2.05, 4.69) is 22.1 Å². The number of benzene rings is 1. The third-order valence-electron chi connectivity index (χ3n) is 3.52. The lowest BCUT2D eigenvalue weighted by molar-refractivity contribution is -0.115. The Bertz CT molecular complexity index is 708. The zero-order valence-electron chi connectivity index (χ0n) is 14.5. The van der Waals surface area contributed by atoms with Gasteiger partial charge in [0.15, 0.2) is 5.16 Å². The van der Waals surface area contributed by atoms with Gasteiger partial charge in [0.1, 0.15) is 5.82 Å². The number of carbonyl (C=O) groups excluding carboxylic acids is 1. The number of nitrogens with one attached hydrogen (secondary N) is 1. The predicted octanol–water partition coefficient (Wildman–Crippen LogP) is 2.96. The van der Waals surface area contributed by atoms with Gasteiger partial charge in [-0.2, -0.15) is 0 Å². The normalized spacial score (nSPS) is 11.8. The number of rotatable bonds is 7. The quantitative estimate of drug-likeness (QED) is 0.617. The maximum atomic E-state index is 12.4. The minimum atomic E-state index is -0.286. The average Bonchev–Trinajstić information content (AvgIpc) is 2.89. The number of carbonyl (C=O) groups is 1. The fourth-order valence-electron chi connectivity index (χ4n) is 2.09. The van der Waals surface area contributed by atoms with E-state index < -0.39 is 0 Å². The van der Waals surface area contributed by atoms with Crippen molar-refractivity contribution < 1.29 is 4.79 Å². The van der Waals surface area contributed by atoms with Crippen LogP contribution in [0.1, 0.15) is 12.7 Å². The molecule has 0 saturated carbocycles. The van der Waals surface area contributed by atoms with Crippen LogP contribution in [0.15, 0.2) is 42.1 Å². The van der Waals surface area contributed by atoms with E-state index in [1.54, 1.807) is 6.08 Å². The van der Waals surface area contributed by atoms with Crippen LogP contribution in [0.25, 0.3) is 0 Å². The molecule has 2 rings (SSSR count). The number of hydrogen-bond acceptors (Lipinski definition) is 5. The van der Waals surface area contributed by atoms with Gasteiger partial charge in [0.25, 0.3) is 0 Å². The second-order valence-electron chi connectivity index (χ2n) is 5.62. The van der Waals surface area contributed by atoms with Crippen molar-refractivity contribution in [2.75, 3.05) is 24.3 Å². The topological polar surface area (TPSA) is 63.1 Å². The summed E-state index contributed by atoms with van der Waals surface area (Å²) in [6, 6.07) is 7.74. The lowest BCUT2D eigenvalue weighted by Gasteiger charge is -2.15. The molecule has 7 heteroatoms. The third kappa shape index (κ3) is 4.38. The number of nitrogens with zero attached hydrogens (tertiary/aromatic N) is 4. The van der Waals surface area contributed by atoms with E-state index in [1.807, 2.05) is 61.7 Å². The molecule has 1 atom stereocenters. The van der Waals surface area contributed by atoms with Crippen molar-refractivity contribution in [1.29, 1.82) is 0 Å². The molecule has 1 aromatic heterocycles. The number of aryl methyl sites for hydroxylation is 1. The molecule has 24 heavy (non-hydrogen) atoms. The Morgan fingerprint density at radius 1 is 1.38 bits per heavy atom. The molecule has 1 heterocycles. The Labute approximate surface area is 147 Å². The molecule has 128 valence electrons. The largest absolute Gasteiger partial charge is 0.378 e. The van der Waals surface area contributed by atoms with Gasteiger partial charge in [0.2, 0.25) is 5.91 Å². The molecule has 0 fully saturated rings. The van der Waals surface area contributed by atoms with Gasteiger partial charge in [0, 0.05) is 32.0 Å². The highest BCUT2D eigenvalue weighted by atomic mass is 32.2.